The number of rotatable bonds is 7. The molecule has 3 N–H and O–H groups in total. The lowest BCUT2D eigenvalue weighted by Gasteiger charge is -2.22. The number of hydrogen-bond acceptors (Lipinski definition) is 4. The van der Waals surface area contributed by atoms with E-state index in [1.54, 1.807) is 6.20 Å². The summed E-state index contributed by atoms with van der Waals surface area (Å²) in [5, 5.41) is 4.20. The predicted octanol–water partition coefficient (Wildman–Crippen LogP) is 3.15. The van der Waals surface area contributed by atoms with Gasteiger partial charge in [0, 0.05) is 28.8 Å². The number of nitrogens with one attached hydrogen (secondary N) is 1. The third-order valence-corrected chi connectivity index (χ3v) is 4.59. The van der Waals surface area contributed by atoms with Gasteiger partial charge in [-0.05, 0) is 31.5 Å². The molecule has 0 bridgehead atoms. The van der Waals surface area contributed by atoms with Crippen LogP contribution in [-0.4, -0.2) is 22.5 Å². The fraction of sp³-hybridized carbons (Fsp3) is 0.643. The van der Waals surface area contributed by atoms with E-state index in [0.29, 0.717) is 17.1 Å². The molecule has 0 aromatic carbocycles. The summed E-state index contributed by atoms with van der Waals surface area (Å²) in [6.45, 7) is 9.67. The molecule has 1 aromatic rings. The highest BCUT2D eigenvalue weighted by atomic mass is 32.2. The summed E-state index contributed by atoms with van der Waals surface area (Å²) in [5.41, 5.74) is 8.41. The van der Waals surface area contributed by atoms with E-state index in [1.807, 2.05) is 17.8 Å². The van der Waals surface area contributed by atoms with Crippen LogP contribution in [0.1, 0.15) is 44.4 Å². The van der Waals surface area contributed by atoms with Crippen molar-refractivity contribution in [3.8, 4) is 0 Å². The van der Waals surface area contributed by atoms with Crippen LogP contribution < -0.4 is 11.1 Å². The van der Waals surface area contributed by atoms with E-state index in [2.05, 4.69) is 38.0 Å². The lowest BCUT2D eigenvalue weighted by molar-refractivity contribution is 0.602. The molecule has 1 heterocycles. The highest BCUT2D eigenvalue weighted by molar-refractivity contribution is 7.99. The quantitative estimate of drug-likeness (QED) is 0.797. The lowest BCUT2D eigenvalue weighted by Crippen LogP contribution is -2.25. The van der Waals surface area contributed by atoms with Gasteiger partial charge in [0.2, 0.25) is 0 Å². The summed E-state index contributed by atoms with van der Waals surface area (Å²) in [7, 11) is 0. The average Bonchev–Trinajstić information content (AvgIpc) is 2.35. The van der Waals surface area contributed by atoms with Crippen molar-refractivity contribution in [1.82, 2.24) is 10.3 Å². The summed E-state index contributed by atoms with van der Waals surface area (Å²) in [6, 6.07) is 2.33. The van der Waals surface area contributed by atoms with E-state index in [4.69, 9.17) is 5.73 Å². The number of anilines is 1. The molecule has 2 atom stereocenters. The summed E-state index contributed by atoms with van der Waals surface area (Å²) < 4.78 is 0. The number of nitrogen functional groups attached to an aromatic ring is 1. The molecule has 1 aromatic heterocycles. The molecule has 0 saturated carbocycles. The molecule has 4 heteroatoms. The minimum Gasteiger partial charge on any atom is -0.383 e. The van der Waals surface area contributed by atoms with Crippen molar-refractivity contribution >= 4 is 17.6 Å². The third kappa shape index (κ3) is 4.18. The van der Waals surface area contributed by atoms with Crippen molar-refractivity contribution in [2.45, 2.75) is 45.4 Å². The van der Waals surface area contributed by atoms with E-state index in [1.165, 1.54) is 12.0 Å². The molecule has 3 nitrogen and oxygen atoms in total. The molecule has 0 amide bonds. The van der Waals surface area contributed by atoms with Gasteiger partial charge in [0.25, 0.3) is 0 Å². The van der Waals surface area contributed by atoms with Gasteiger partial charge in [-0.15, -0.1) is 0 Å². The maximum Gasteiger partial charge on any atom is 0.128 e. The molecule has 18 heavy (non-hydrogen) atoms. The molecule has 0 aliphatic heterocycles. The molecule has 1 rings (SSSR count). The third-order valence-electron chi connectivity index (χ3n) is 3.16. The van der Waals surface area contributed by atoms with Crippen molar-refractivity contribution in [3.63, 3.8) is 0 Å². The number of pyridine rings is 1. The zero-order chi connectivity index (χ0) is 13.5. The van der Waals surface area contributed by atoms with E-state index in [0.717, 1.165) is 17.9 Å². The minimum atomic E-state index is 0.294. The Morgan fingerprint density at radius 3 is 2.72 bits per heavy atom. The summed E-state index contributed by atoms with van der Waals surface area (Å²) in [6.07, 6.45) is 2.98. The van der Waals surface area contributed by atoms with Gasteiger partial charge in [-0.2, -0.15) is 11.8 Å². The summed E-state index contributed by atoms with van der Waals surface area (Å²) in [5.74, 6) is 1.70. The molecule has 0 fully saturated rings. The molecular weight excluding hydrogens is 242 g/mol. The molecule has 2 unspecified atom stereocenters. The van der Waals surface area contributed by atoms with Crippen LogP contribution in [0.4, 0.5) is 5.82 Å². The van der Waals surface area contributed by atoms with E-state index in [-0.39, 0.29) is 0 Å². The van der Waals surface area contributed by atoms with Gasteiger partial charge in [0.15, 0.2) is 0 Å². The summed E-state index contributed by atoms with van der Waals surface area (Å²) >= 11 is 1.99. The lowest BCUT2D eigenvalue weighted by atomic mass is 10.0. The second kappa shape index (κ2) is 7.64. The molecule has 0 aliphatic carbocycles. The Hall–Kier alpha value is -0.740. The number of thioether (sulfide) groups is 1. The van der Waals surface area contributed by atoms with Crippen molar-refractivity contribution in [1.29, 1.82) is 0 Å². The Labute approximate surface area is 115 Å². The van der Waals surface area contributed by atoms with Crippen molar-refractivity contribution in [2.24, 2.45) is 0 Å². The highest BCUT2D eigenvalue weighted by Crippen LogP contribution is 2.27. The van der Waals surface area contributed by atoms with Gasteiger partial charge in [-0.25, -0.2) is 4.98 Å². The van der Waals surface area contributed by atoms with Gasteiger partial charge in [-0.3, -0.25) is 0 Å². The van der Waals surface area contributed by atoms with Crippen molar-refractivity contribution in [3.05, 3.63) is 23.4 Å². The molecule has 102 valence electrons. The molecule has 0 aliphatic rings. The van der Waals surface area contributed by atoms with Gasteiger partial charge in [0.05, 0.1) is 0 Å². The zero-order valence-electron chi connectivity index (χ0n) is 11.9. The minimum absolute atomic E-state index is 0.294. The highest BCUT2D eigenvalue weighted by Gasteiger charge is 2.17. The number of nitrogens with zero attached hydrogens (tertiary/aromatic N) is 1. The van der Waals surface area contributed by atoms with E-state index in [9.17, 15) is 0 Å². The summed E-state index contributed by atoms with van der Waals surface area (Å²) in [4.78, 5) is 4.22. The van der Waals surface area contributed by atoms with E-state index < -0.39 is 0 Å². The van der Waals surface area contributed by atoms with Crippen LogP contribution >= 0.6 is 11.8 Å². The predicted molar refractivity (Wildman–Crippen MR) is 82.0 cm³/mol. The van der Waals surface area contributed by atoms with Crippen LogP contribution in [0.15, 0.2) is 12.3 Å². The molecule has 0 radical (unpaired) electrons. The first-order valence-electron chi connectivity index (χ1n) is 6.66. The monoisotopic (exact) mass is 267 g/mol. The smallest absolute Gasteiger partial charge is 0.128 e. The Kier molecular flexibility index (Phi) is 6.50. The fourth-order valence-electron chi connectivity index (χ4n) is 1.91. The second-order valence-corrected chi connectivity index (χ2v) is 6.06. The van der Waals surface area contributed by atoms with Crippen LogP contribution in [0.2, 0.25) is 0 Å². The van der Waals surface area contributed by atoms with Crippen LogP contribution in [0.3, 0.4) is 0 Å². The molecule has 0 saturated heterocycles. The van der Waals surface area contributed by atoms with Crippen LogP contribution in [0.25, 0.3) is 0 Å². The van der Waals surface area contributed by atoms with Crippen LogP contribution in [0, 0.1) is 6.92 Å². The second-order valence-electron chi connectivity index (χ2n) is 4.59. The van der Waals surface area contributed by atoms with Gasteiger partial charge >= 0.3 is 0 Å². The van der Waals surface area contributed by atoms with Crippen LogP contribution in [-0.2, 0) is 0 Å². The topological polar surface area (TPSA) is 50.9 Å². The first-order valence-corrected chi connectivity index (χ1v) is 7.70. The number of aryl methyl sites for hydroxylation is 1. The Morgan fingerprint density at radius 2 is 2.17 bits per heavy atom. The van der Waals surface area contributed by atoms with Crippen LogP contribution in [0.5, 0.6) is 0 Å². The largest absolute Gasteiger partial charge is 0.383 e. The normalized spacial score (nSPS) is 14.4. The maximum atomic E-state index is 6.03. The van der Waals surface area contributed by atoms with Gasteiger partial charge < -0.3 is 11.1 Å². The Balaban J connectivity index is 2.83. The van der Waals surface area contributed by atoms with E-state index >= 15 is 0 Å². The number of nitrogens with two attached hydrogens (primary N) is 1. The molecule has 0 spiro atoms. The number of aromatic nitrogens is 1. The fourth-order valence-corrected chi connectivity index (χ4v) is 2.95. The van der Waals surface area contributed by atoms with Gasteiger partial charge in [-0.1, -0.05) is 20.8 Å². The van der Waals surface area contributed by atoms with Crippen molar-refractivity contribution in [2.75, 3.05) is 18.0 Å². The Bertz CT molecular complexity index is 348. The Morgan fingerprint density at radius 1 is 1.44 bits per heavy atom. The standard InChI is InChI=1S/C14H25N3S/c1-5-11(4)18-9-12(16-6-2)13-10(3)7-8-17-14(13)15/h7-8,11-12,16H,5-6,9H2,1-4H3,(H2,15,17). The first-order chi connectivity index (χ1) is 8.60. The average molecular weight is 267 g/mol. The zero-order valence-corrected chi connectivity index (χ0v) is 12.7. The maximum absolute atomic E-state index is 6.03. The van der Waals surface area contributed by atoms with Crippen molar-refractivity contribution < 1.29 is 0 Å². The molecular formula is C14H25N3S. The van der Waals surface area contributed by atoms with Gasteiger partial charge in [0.1, 0.15) is 5.82 Å². The number of hydrogen-bond donors (Lipinski definition) is 2. The first kappa shape index (κ1) is 15.3. The SMILES string of the molecule is CCNC(CSC(C)CC)c1c(C)ccnc1N.